The highest BCUT2D eigenvalue weighted by Crippen LogP contribution is 2.14. The Hall–Kier alpha value is -3.22. The van der Waals surface area contributed by atoms with Gasteiger partial charge in [0.2, 0.25) is 0 Å². The van der Waals surface area contributed by atoms with E-state index in [-0.39, 0.29) is 11.3 Å². The molecule has 2 rings (SSSR count). The van der Waals surface area contributed by atoms with Crippen molar-refractivity contribution < 1.29 is 9.72 Å². The van der Waals surface area contributed by atoms with Crippen LogP contribution >= 0.6 is 0 Å². The monoisotopic (exact) mass is 340 g/mol. The maximum absolute atomic E-state index is 12.0. The highest BCUT2D eigenvalue weighted by molar-refractivity contribution is 5.95. The molecule has 0 spiro atoms. The molecule has 0 heterocycles. The van der Waals surface area contributed by atoms with Gasteiger partial charge in [-0.3, -0.25) is 14.9 Å². The summed E-state index contributed by atoms with van der Waals surface area (Å²) in [5, 5.41) is 14.6. The Morgan fingerprint density at radius 1 is 1.20 bits per heavy atom. The molecule has 0 aliphatic heterocycles. The quantitative estimate of drug-likeness (QED) is 0.476. The maximum atomic E-state index is 12.0. The second-order valence-electron chi connectivity index (χ2n) is 5.27. The fraction of sp³-hybridized carbons (Fsp3) is 0.222. The highest BCUT2D eigenvalue weighted by atomic mass is 16.6. The molecule has 2 aromatic rings. The van der Waals surface area contributed by atoms with Gasteiger partial charge >= 0.3 is 0 Å². The average Bonchev–Trinajstić information content (AvgIpc) is 2.64. The molecule has 7 heteroatoms. The first kappa shape index (κ1) is 18.1. The first-order valence-corrected chi connectivity index (χ1v) is 7.98. The number of carbonyl (C=O) groups is 1. The standard InChI is InChI=1S/C18H20N4O3/c1-3-21(4-2)16-10-8-14(9-11-16)13-19-20-18(23)15-6-5-7-17(12-15)22(24)25/h5-13H,3-4H2,1-2H3,(H,20,23)/b19-13+. The van der Waals surface area contributed by atoms with Gasteiger partial charge in [-0.2, -0.15) is 5.10 Å². The Bertz CT molecular complexity index is 768. The Kier molecular flexibility index (Phi) is 6.22. The third-order valence-electron chi connectivity index (χ3n) is 3.72. The number of nitrogens with one attached hydrogen (secondary N) is 1. The molecule has 1 N–H and O–H groups in total. The van der Waals surface area contributed by atoms with E-state index in [1.54, 1.807) is 0 Å². The first-order valence-electron chi connectivity index (χ1n) is 7.98. The van der Waals surface area contributed by atoms with Crippen LogP contribution in [0.1, 0.15) is 29.8 Å². The van der Waals surface area contributed by atoms with Crippen molar-refractivity contribution in [2.24, 2.45) is 5.10 Å². The van der Waals surface area contributed by atoms with Crippen molar-refractivity contribution in [1.29, 1.82) is 0 Å². The lowest BCUT2D eigenvalue weighted by Crippen LogP contribution is -2.21. The number of non-ortho nitro benzene ring substituents is 1. The third-order valence-corrected chi connectivity index (χ3v) is 3.72. The fourth-order valence-electron chi connectivity index (χ4n) is 2.35. The summed E-state index contributed by atoms with van der Waals surface area (Å²) in [5.41, 5.74) is 4.39. The average molecular weight is 340 g/mol. The van der Waals surface area contributed by atoms with E-state index in [1.165, 1.54) is 30.5 Å². The first-order chi connectivity index (χ1) is 12.0. The van der Waals surface area contributed by atoms with Crippen molar-refractivity contribution in [1.82, 2.24) is 5.43 Å². The van der Waals surface area contributed by atoms with Gasteiger partial charge in [0.25, 0.3) is 11.6 Å². The van der Waals surface area contributed by atoms with Gasteiger partial charge in [-0.25, -0.2) is 5.43 Å². The van der Waals surface area contributed by atoms with Crippen molar-refractivity contribution in [2.45, 2.75) is 13.8 Å². The summed E-state index contributed by atoms with van der Waals surface area (Å²) in [5.74, 6) is -0.500. The predicted molar refractivity (Wildman–Crippen MR) is 98.2 cm³/mol. The molecule has 0 saturated carbocycles. The molecule has 0 fully saturated rings. The minimum Gasteiger partial charge on any atom is -0.372 e. The number of carbonyl (C=O) groups excluding carboxylic acids is 1. The van der Waals surface area contributed by atoms with E-state index in [2.05, 4.69) is 29.3 Å². The topological polar surface area (TPSA) is 87.8 Å². The number of nitrogens with zero attached hydrogens (tertiary/aromatic N) is 3. The summed E-state index contributed by atoms with van der Waals surface area (Å²) in [6.07, 6.45) is 1.53. The predicted octanol–water partition coefficient (Wildman–Crippen LogP) is 3.20. The van der Waals surface area contributed by atoms with Crippen LogP contribution < -0.4 is 10.3 Å². The molecule has 0 saturated heterocycles. The summed E-state index contributed by atoms with van der Waals surface area (Å²) in [4.78, 5) is 24.4. The van der Waals surface area contributed by atoms with E-state index < -0.39 is 10.8 Å². The van der Waals surface area contributed by atoms with E-state index in [0.717, 1.165) is 24.3 Å². The summed E-state index contributed by atoms with van der Waals surface area (Å²) < 4.78 is 0. The molecule has 0 aliphatic rings. The zero-order chi connectivity index (χ0) is 18.2. The number of hydrazone groups is 1. The van der Waals surface area contributed by atoms with Crippen LogP contribution in [0.3, 0.4) is 0 Å². The largest absolute Gasteiger partial charge is 0.372 e. The summed E-state index contributed by atoms with van der Waals surface area (Å²) >= 11 is 0. The van der Waals surface area contributed by atoms with Crippen LogP contribution in [0.5, 0.6) is 0 Å². The molecule has 130 valence electrons. The van der Waals surface area contributed by atoms with Crippen LogP contribution in [0.4, 0.5) is 11.4 Å². The van der Waals surface area contributed by atoms with Crippen molar-refractivity contribution in [3.05, 3.63) is 69.8 Å². The molecule has 0 unspecified atom stereocenters. The second-order valence-corrected chi connectivity index (χ2v) is 5.27. The molecule has 0 radical (unpaired) electrons. The molecular weight excluding hydrogens is 320 g/mol. The van der Waals surface area contributed by atoms with Gasteiger partial charge in [-0.1, -0.05) is 18.2 Å². The zero-order valence-electron chi connectivity index (χ0n) is 14.2. The number of amides is 1. The SMILES string of the molecule is CCN(CC)c1ccc(/C=N/NC(=O)c2cccc([N+](=O)[O-])c2)cc1. The van der Waals surface area contributed by atoms with Crippen molar-refractivity contribution in [3.63, 3.8) is 0 Å². The van der Waals surface area contributed by atoms with Gasteiger partial charge in [0.1, 0.15) is 0 Å². The van der Waals surface area contributed by atoms with Gasteiger partial charge in [0.05, 0.1) is 11.1 Å². The number of hydrogen-bond acceptors (Lipinski definition) is 5. The van der Waals surface area contributed by atoms with Crippen LogP contribution in [0, 0.1) is 10.1 Å². The van der Waals surface area contributed by atoms with Crippen molar-refractivity contribution in [3.8, 4) is 0 Å². The fourth-order valence-corrected chi connectivity index (χ4v) is 2.35. The number of nitro benzene ring substituents is 1. The Morgan fingerprint density at radius 2 is 1.88 bits per heavy atom. The molecule has 0 aliphatic carbocycles. The summed E-state index contributed by atoms with van der Waals surface area (Å²) in [6.45, 7) is 6.07. The molecule has 25 heavy (non-hydrogen) atoms. The van der Waals surface area contributed by atoms with Crippen molar-refractivity contribution >= 4 is 23.5 Å². The summed E-state index contributed by atoms with van der Waals surface area (Å²) in [6, 6.07) is 13.3. The van der Waals surface area contributed by atoms with Gasteiger partial charge in [0.15, 0.2) is 0 Å². The molecular formula is C18H20N4O3. The van der Waals surface area contributed by atoms with Crippen LogP contribution in [-0.2, 0) is 0 Å². The minimum absolute atomic E-state index is 0.136. The maximum Gasteiger partial charge on any atom is 0.271 e. The van der Waals surface area contributed by atoms with E-state index in [4.69, 9.17) is 0 Å². The van der Waals surface area contributed by atoms with Crippen LogP contribution in [0.15, 0.2) is 53.6 Å². The van der Waals surface area contributed by atoms with E-state index >= 15 is 0 Å². The van der Waals surface area contributed by atoms with Gasteiger partial charge in [0, 0.05) is 36.5 Å². The second kappa shape index (κ2) is 8.58. The molecule has 0 atom stereocenters. The normalized spacial score (nSPS) is 10.6. The number of benzene rings is 2. The van der Waals surface area contributed by atoms with Gasteiger partial charge in [-0.05, 0) is 37.6 Å². The summed E-state index contributed by atoms with van der Waals surface area (Å²) in [7, 11) is 0. The van der Waals surface area contributed by atoms with Gasteiger partial charge in [-0.15, -0.1) is 0 Å². The van der Waals surface area contributed by atoms with Crippen LogP contribution in [0.25, 0.3) is 0 Å². The molecule has 0 aromatic heterocycles. The molecule has 2 aromatic carbocycles. The van der Waals surface area contributed by atoms with E-state index in [0.29, 0.717) is 0 Å². The lowest BCUT2D eigenvalue weighted by Gasteiger charge is -2.20. The van der Waals surface area contributed by atoms with Gasteiger partial charge < -0.3 is 4.90 Å². The minimum atomic E-state index is -0.544. The molecule has 1 amide bonds. The molecule has 7 nitrogen and oxygen atoms in total. The van der Waals surface area contributed by atoms with Crippen LogP contribution in [0.2, 0.25) is 0 Å². The Labute approximate surface area is 146 Å². The zero-order valence-corrected chi connectivity index (χ0v) is 14.2. The third kappa shape index (κ3) is 4.87. The van der Waals surface area contributed by atoms with E-state index in [1.807, 2.05) is 24.3 Å². The lowest BCUT2D eigenvalue weighted by atomic mass is 10.2. The van der Waals surface area contributed by atoms with Crippen LogP contribution in [-0.4, -0.2) is 30.1 Å². The van der Waals surface area contributed by atoms with Crippen molar-refractivity contribution in [2.75, 3.05) is 18.0 Å². The Balaban J connectivity index is 1.99. The number of anilines is 1. The number of rotatable bonds is 7. The number of nitro groups is 1. The Morgan fingerprint density at radius 3 is 2.48 bits per heavy atom. The lowest BCUT2D eigenvalue weighted by molar-refractivity contribution is -0.384. The highest BCUT2D eigenvalue weighted by Gasteiger charge is 2.10. The molecule has 0 bridgehead atoms. The number of hydrogen-bond donors (Lipinski definition) is 1. The smallest absolute Gasteiger partial charge is 0.271 e. The van der Waals surface area contributed by atoms with E-state index in [9.17, 15) is 14.9 Å².